The van der Waals surface area contributed by atoms with Crippen molar-refractivity contribution >= 4 is 23.3 Å². The molecule has 7 heteroatoms. The minimum absolute atomic E-state index is 0.0114. The van der Waals surface area contributed by atoms with Gasteiger partial charge in [-0.2, -0.15) is 0 Å². The lowest BCUT2D eigenvalue weighted by molar-refractivity contribution is -0.138. The highest BCUT2D eigenvalue weighted by Gasteiger charge is 2.44. The number of aliphatic carboxylic acids is 1. The lowest BCUT2D eigenvalue weighted by Gasteiger charge is -2.38. The van der Waals surface area contributed by atoms with Gasteiger partial charge in [-0.1, -0.05) is 44.3 Å². The third-order valence-corrected chi connectivity index (χ3v) is 6.73. The van der Waals surface area contributed by atoms with Crippen molar-refractivity contribution in [3.63, 3.8) is 0 Å². The molecule has 2 aromatic rings. The van der Waals surface area contributed by atoms with Gasteiger partial charge in [-0.15, -0.1) is 0 Å². The van der Waals surface area contributed by atoms with E-state index in [1.54, 1.807) is 6.07 Å². The third-order valence-electron chi connectivity index (χ3n) is 6.73. The van der Waals surface area contributed by atoms with Crippen LogP contribution in [0.15, 0.2) is 28.8 Å². The Labute approximate surface area is 195 Å². The number of hydrogen-bond acceptors (Lipinski definition) is 5. The Morgan fingerprint density at radius 3 is 2.58 bits per heavy atom. The van der Waals surface area contributed by atoms with Crippen LogP contribution in [0.5, 0.6) is 0 Å². The summed E-state index contributed by atoms with van der Waals surface area (Å²) in [6.07, 6.45) is 6.81. The summed E-state index contributed by atoms with van der Waals surface area (Å²) in [5, 5.41) is 16.4. The Kier molecular flexibility index (Phi) is 7.05. The van der Waals surface area contributed by atoms with Gasteiger partial charge in [0.15, 0.2) is 0 Å². The highest BCUT2D eigenvalue weighted by Crippen LogP contribution is 2.49. The minimum atomic E-state index is -0.751. The number of carbonyl (C=O) groups excluding carboxylic acids is 1. The van der Waals surface area contributed by atoms with Gasteiger partial charge in [0, 0.05) is 18.7 Å². The average Bonchev–Trinajstić information content (AvgIpc) is 3.49. The normalized spacial score (nSPS) is 20.6. The van der Waals surface area contributed by atoms with Crippen LogP contribution in [0.4, 0.5) is 11.4 Å². The number of rotatable bonds is 9. The van der Waals surface area contributed by atoms with Crippen molar-refractivity contribution < 1.29 is 19.2 Å². The number of benzene rings is 1. The molecule has 1 aromatic carbocycles. The van der Waals surface area contributed by atoms with Crippen LogP contribution in [-0.4, -0.2) is 34.7 Å². The van der Waals surface area contributed by atoms with E-state index < -0.39 is 5.97 Å². The zero-order valence-corrected chi connectivity index (χ0v) is 19.8. The SMILES string of the molecule is Cc1cc(CC(=O)Nc2cc([C@@H]3C[C@@H]3C(=O)O)ccc2N(CC(C)C)C2CCCCC2)on1. The van der Waals surface area contributed by atoms with Crippen LogP contribution in [0.3, 0.4) is 0 Å². The molecule has 33 heavy (non-hydrogen) atoms. The smallest absolute Gasteiger partial charge is 0.307 e. The maximum Gasteiger partial charge on any atom is 0.307 e. The van der Waals surface area contributed by atoms with Gasteiger partial charge in [0.25, 0.3) is 0 Å². The topological polar surface area (TPSA) is 95.7 Å². The van der Waals surface area contributed by atoms with Crippen molar-refractivity contribution in [2.75, 3.05) is 16.8 Å². The van der Waals surface area contributed by atoms with Gasteiger partial charge in [-0.25, -0.2) is 0 Å². The monoisotopic (exact) mass is 453 g/mol. The van der Waals surface area contributed by atoms with E-state index in [0.29, 0.717) is 24.1 Å². The third kappa shape index (κ3) is 5.75. The first kappa shape index (κ1) is 23.3. The standard InChI is InChI=1S/C26H35N3O4/c1-16(2)15-29(19-7-5-4-6-8-19)24-10-9-18(21-14-22(21)26(31)32)12-23(24)27-25(30)13-20-11-17(3)28-33-20/h9-12,16,19,21-22H,4-8,13-15H2,1-3H3,(H,27,30)(H,31,32)/t21-,22-/m0/s1. The van der Waals surface area contributed by atoms with Crippen molar-refractivity contribution in [2.45, 2.75) is 77.7 Å². The van der Waals surface area contributed by atoms with Gasteiger partial charge >= 0.3 is 5.97 Å². The first-order chi connectivity index (χ1) is 15.8. The van der Waals surface area contributed by atoms with E-state index in [9.17, 15) is 14.7 Å². The van der Waals surface area contributed by atoms with Crippen LogP contribution in [0, 0.1) is 18.8 Å². The van der Waals surface area contributed by atoms with E-state index in [1.807, 2.05) is 13.0 Å². The van der Waals surface area contributed by atoms with E-state index in [0.717, 1.165) is 42.0 Å². The number of carboxylic acid groups (broad SMARTS) is 1. The molecule has 2 N–H and O–H groups in total. The summed E-state index contributed by atoms with van der Waals surface area (Å²) in [5.74, 6) is -0.226. The molecule has 1 heterocycles. The quantitative estimate of drug-likeness (QED) is 0.545. The van der Waals surface area contributed by atoms with Gasteiger partial charge in [0.2, 0.25) is 5.91 Å². The Hall–Kier alpha value is -2.83. The zero-order valence-electron chi connectivity index (χ0n) is 19.8. The molecule has 2 aliphatic carbocycles. The molecular weight excluding hydrogens is 418 g/mol. The molecule has 4 rings (SSSR count). The summed E-state index contributed by atoms with van der Waals surface area (Å²) in [4.78, 5) is 26.8. The van der Waals surface area contributed by atoms with E-state index in [-0.39, 0.29) is 24.2 Å². The molecule has 7 nitrogen and oxygen atoms in total. The second-order valence-corrected chi connectivity index (χ2v) is 10.1. The van der Waals surface area contributed by atoms with E-state index >= 15 is 0 Å². The lowest BCUT2D eigenvalue weighted by Crippen LogP contribution is -2.40. The second kappa shape index (κ2) is 9.98. The minimum Gasteiger partial charge on any atom is -0.481 e. The number of carboxylic acids is 1. The summed E-state index contributed by atoms with van der Waals surface area (Å²) in [5.41, 5.74) is 3.50. The van der Waals surface area contributed by atoms with Crippen molar-refractivity contribution in [1.29, 1.82) is 0 Å². The summed E-state index contributed by atoms with van der Waals surface area (Å²) < 4.78 is 5.22. The summed E-state index contributed by atoms with van der Waals surface area (Å²) >= 11 is 0. The van der Waals surface area contributed by atoms with Crippen molar-refractivity contribution in [3.8, 4) is 0 Å². The fraction of sp³-hybridized carbons (Fsp3) is 0.577. The van der Waals surface area contributed by atoms with Crippen molar-refractivity contribution in [1.82, 2.24) is 5.16 Å². The summed E-state index contributed by atoms with van der Waals surface area (Å²) in [6, 6.07) is 8.34. The molecule has 0 aliphatic heterocycles. The van der Waals surface area contributed by atoms with Gasteiger partial charge < -0.3 is 19.8 Å². The molecule has 1 amide bonds. The van der Waals surface area contributed by atoms with E-state index in [1.165, 1.54) is 19.3 Å². The number of carbonyl (C=O) groups is 2. The predicted octanol–water partition coefficient (Wildman–Crippen LogP) is 5.15. The first-order valence-electron chi connectivity index (χ1n) is 12.2. The molecule has 0 unspecified atom stereocenters. The maximum atomic E-state index is 12.9. The van der Waals surface area contributed by atoms with E-state index in [4.69, 9.17) is 4.52 Å². The zero-order chi connectivity index (χ0) is 23.5. The average molecular weight is 454 g/mol. The first-order valence-corrected chi connectivity index (χ1v) is 12.2. The molecule has 0 bridgehead atoms. The largest absolute Gasteiger partial charge is 0.481 e. The Bertz CT molecular complexity index is 993. The van der Waals surface area contributed by atoms with Crippen LogP contribution in [0.1, 0.15) is 75.3 Å². The number of amides is 1. The highest BCUT2D eigenvalue weighted by molar-refractivity contribution is 5.95. The predicted molar refractivity (Wildman–Crippen MR) is 128 cm³/mol. The van der Waals surface area contributed by atoms with Gasteiger partial charge in [-0.05, 0) is 55.7 Å². The molecule has 178 valence electrons. The number of hydrogen-bond donors (Lipinski definition) is 2. The molecular formula is C26H35N3O4. The molecule has 2 fully saturated rings. The molecule has 0 radical (unpaired) electrons. The number of nitrogens with zero attached hydrogens (tertiary/aromatic N) is 2. The molecule has 2 atom stereocenters. The fourth-order valence-electron chi connectivity index (χ4n) is 5.05. The van der Waals surface area contributed by atoms with Gasteiger partial charge in [-0.3, -0.25) is 9.59 Å². The van der Waals surface area contributed by atoms with Gasteiger partial charge in [0.1, 0.15) is 5.76 Å². The second-order valence-electron chi connectivity index (χ2n) is 10.1. The fourth-order valence-corrected chi connectivity index (χ4v) is 5.05. The number of anilines is 2. The summed E-state index contributed by atoms with van der Waals surface area (Å²) in [6.45, 7) is 7.18. The Balaban J connectivity index is 1.63. The Morgan fingerprint density at radius 1 is 1.21 bits per heavy atom. The highest BCUT2D eigenvalue weighted by atomic mass is 16.5. The molecule has 0 spiro atoms. The van der Waals surface area contributed by atoms with Crippen molar-refractivity contribution in [2.24, 2.45) is 11.8 Å². The number of aryl methyl sites for hydroxylation is 1. The van der Waals surface area contributed by atoms with Crippen LogP contribution in [-0.2, 0) is 16.0 Å². The number of nitrogens with one attached hydrogen (secondary N) is 1. The van der Waals surface area contributed by atoms with Crippen LogP contribution < -0.4 is 10.2 Å². The van der Waals surface area contributed by atoms with Crippen molar-refractivity contribution in [3.05, 3.63) is 41.3 Å². The van der Waals surface area contributed by atoms with Crippen LogP contribution in [0.25, 0.3) is 0 Å². The lowest BCUT2D eigenvalue weighted by atomic mass is 9.92. The van der Waals surface area contributed by atoms with Gasteiger partial charge in [0.05, 0.1) is 29.4 Å². The van der Waals surface area contributed by atoms with Crippen LogP contribution in [0.2, 0.25) is 0 Å². The molecule has 2 aliphatic rings. The summed E-state index contributed by atoms with van der Waals surface area (Å²) in [7, 11) is 0. The molecule has 0 saturated heterocycles. The Morgan fingerprint density at radius 2 is 1.97 bits per heavy atom. The van der Waals surface area contributed by atoms with Crippen LogP contribution >= 0.6 is 0 Å². The number of aromatic nitrogens is 1. The molecule has 2 saturated carbocycles. The van der Waals surface area contributed by atoms with E-state index in [2.05, 4.69) is 41.4 Å². The maximum absolute atomic E-state index is 12.9. The molecule has 1 aromatic heterocycles.